The maximum atomic E-state index is 13.3. The van der Waals surface area contributed by atoms with Crippen LogP contribution in [0.2, 0.25) is 0 Å². The molecule has 17 heavy (non-hydrogen) atoms. The molecule has 1 atom stereocenters. The summed E-state index contributed by atoms with van der Waals surface area (Å²) in [6.45, 7) is 6.22. The lowest BCUT2D eigenvalue weighted by molar-refractivity contribution is 0.584. The fraction of sp³-hybridized carbons (Fsp3) is 0.571. The molecular weight excluding hydrogens is 215 g/mol. The Morgan fingerprint density at radius 1 is 1.29 bits per heavy atom. The fourth-order valence-corrected chi connectivity index (χ4v) is 2.24. The first-order chi connectivity index (χ1) is 8.01. The van der Waals surface area contributed by atoms with Gasteiger partial charge in [-0.1, -0.05) is 13.8 Å². The van der Waals surface area contributed by atoms with Crippen molar-refractivity contribution in [2.24, 2.45) is 5.73 Å². The molecule has 1 aromatic carbocycles. The quantitative estimate of drug-likeness (QED) is 0.851. The van der Waals surface area contributed by atoms with E-state index >= 15 is 0 Å². The van der Waals surface area contributed by atoms with Gasteiger partial charge in [-0.15, -0.1) is 0 Å². The third-order valence-corrected chi connectivity index (χ3v) is 3.35. The molecular formula is C14H23FN2. The first kappa shape index (κ1) is 14.0. The van der Waals surface area contributed by atoms with Crippen LogP contribution in [0.4, 0.5) is 10.1 Å². The van der Waals surface area contributed by atoms with E-state index in [1.165, 1.54) is 6.07 Å². The third kappa shape index (κ3) is 3.19. The lowest BCUT2D eigenvalue weighted by atomic mass is 10.0. The Bertz CT molecular complexity index is 359. The van der Waals surface area contributed by atoms with Gasteiger partial charge in [-0.2, -0.15) is 0 Å². The highest BCUT2D eigenvalue weighted by atomic mass is 19.1. The highest BCUT2D eigenvalue weighted by Gasteiger charge is 2.16. The third-order valence-electron chi connectivity index (χ3n) is 3.35. The van der Waals surface area contributed by atoms with Crippen molar-refractivity contribution in [1.29, 1.82) is 0 Å². The Morgan fingerprint density at radius 2 is 1.88 bits per heavy atom. The second-order valence-electron chi connectivity index (χ2n) is 4.57. The smallest absolute Gasteiger partial charge is 0.123 e. The van der Waals surface area contributed by atoms with E-state index in [0.717, 1.165) is 24.1 Å². The minimum atomic E-state index is -0.223. The molecule has 0 amide bonds. The SMILES string of the molecule is CCC(CC)N(C)c1ccc(F)cc1[C@@H](C)N. The van der Waals surface area contributed by atoms with Gasteiger partial charge < -0.3 is 10.6 Å². The zero-order valence-corrected chi connectivity index (χ0v) is 11.2. The normalized spacial score (nSPS) is 12.9. The monoisotopic (exact) mass is 238 g/mol. The van der Waals surface area contributed by atoms with E-state index in [2.05, 4.69) is 25.8 Å². The van der Waals surface area contributed by atoms with Gasteiger partial charge in [0.05, 0.1) is 0 Å². The van der Waals surface area contributed by atoms with Crippen LogP contribution in [-0.2, 0) is 0 Å². The van der Waals surface area contributed by atoms with Crippen LogP contribution in [0.1, 0.15) is 45.2 Å². The molecule has 0 aliphatic heterocycles. The Labute approximate surface area is 104 Å². The number of halogens is 1. The molecule has 1 aromatic rings. The Kier molecular flexibility index (Phi) is 4.94. The number of hydrogen-bond acceptors (Lipinski definition) is 2. The summed E-state index contributed by atoms with van der Waals surface area (Å²) in [5.74, 6) is -0.223. The molecule has 2 nitrogen and oxygen atoms in total. The maximum absolute atomic E-state index is 13.3. The van der Waals surface area contributed by atoms with Gasteiger partial charge in [0.25, 0.3) is 0 Å². The molecule has 0 bridgehead atoms. The average molecular weight is 238 g/mol. The highest BCUT2D eigenvalue weighted by Crippen LogP contribution is 2.28. The van der Waals surface area contributed by atoms with E-state index < -0.39 is 0 Å². The molecule has 0 aliphatic carbocycles. The van der Waals surface area contributed by atoms with Crippen LogP contribution < -0.4 is 10.6 Å². The first-order valence-corrected chi connectivity index (χ1v) is 6.29. The van der Waals surface area contributed by atoms with Crippen LogP contribution in [0.5, 0.6) is 0 Å². The van der Waals surface area contributed by atoms with E-state index in [4.69, 9.17) is 5.73 Å². The van der Waals surface area contributed by atoms with Crippen molar-refractivity contribution in [3.05, 3.63) is 29.6 Å². The van der Waals surface area contributed by atoms with Crippen LogP contribution in [-0.4, -0.2) is 13.1 Å². The predicted octanol–water partition coefficient (Wildman–Crippen LogP) is 3.47. The standard InChI is InChI=1S/C14H23FN2/c1-5-12(6-2)17(4)14-8-7-11(15)9-13(14)10(3)16/h7-10,12H,5-6,16H2,1-4H3/t10-/m1/s1. The van der Waals surface area contributed by atoms with E-state index in [-0.39, 0.29) is 11.9 Å². The minimum Gasteiger partial charge on any atom is -0.371 e. The summed E-state index contributed by atoms with van der Waals surface area (Å²) in [5, 5.41) is 0. The molecule has 3 heteroatoms. The van der Waals surface area contributed by atoms with Crippen molar-refractivity contribution in [1.82, 2.24) is 0 Å². The van der Waals surface area contributed by atoms with E-state index in [1.54, 1.807) is 6.07 Å². The summed E-state index contributed by atoms with van der Waals surface area (Å²) < 4.78 is 13.3. The summed E-state index contributed by atoms with van der Waals surface area (Å²) >= 11 is 0. The van der Waals surface area contributed by atoms with Gasteiger partial charge in [-0.3, -0.25) is 0 Å². The van der Waals surface area contributed by atoms with Crippen LogP contribution in [0.3, 0.4) is 0 Å². The number of hydrogen-bond donors (Lipinski definition) is 1. The minimum absolute atomic E-state index is 0.155. The van der Waals surface area contributed by atoms with Gasteiger partial charge in [0.2, 0.25) is 0 Å². The molecule has 0 saturated carbocycles. The van der Waals surface area contributed by atoms with Gasteiger partial charge in [0.15, 0.2) is 0 Å². The van der Waals surface area contributed by atoms with E-state index in [0.29, 0.717) is 6.04 Å². The number of benzene rings is 1. The van der Waals surface area contributed by atoms with Gasteiger partial charge in [0, 0.05) is 24.8 Å². The van der Waals surface area contributed by atoms with Gasteiger partial charge in [0.1, 0.15) is 5.82 Å². The maximum Gasteiger partial charge on any atom is 0.123 e. The second kappa shape index (κ2) is 6.01. The topological polar surface area (TPSA) is 29.3 Å². The Hall–Kier alpha value is -1.09. The largest absolute Gasteiger partial charge is 0.371 e. The van der Waals surface area contributed by atoms with Gasteiger partial charge in [-0.25, -0.2) is 4.39 Å². The number of anilines is 1. The predicted molar refractivity (Wildman–Crippen MR) is 71.8 cm³/mol. The lowest BCUT2D eigenvalue weighted by Gasteiger charge is -2.31. The lowest BCUT2D eigenvalue weighted by Crippen LogP contribution is -2.31. The molecule has 96 valence electrons. The number of nitrogens with two attached hydrogens (primary N) is 1. The average Bonchev–Trinajstić information content (AvgIpc) is 2.30. The van der Waals surface area contributed by atoms with Crippen LogP contribution >= 0.6 is 0 Å². The zero-order chi connectivity index (χ0) is 13.0. The molecule has 0 fully saturated rings. The molecule has 0 unspecified atom stereocenters. The van der Waals surface area contributed by atoms with Gasteiger partial charge >= 0.3 is 0 Å². The molecule has 1 rings (SSSR count). The van der Waals surface area contributed by atoms with Crippen LogP contribution in [0.25, 0.3) is 0 Å². The molecule has 0 aromatic heterocycles. The van der Waals surface area contributed by atoms with Crippen LogP contribution in [0.15, 0.2) is 18.2 Å². The molecule has 0 aliphatic rings. The van der Waals surface area contributed by atoms with Crippen molar-refractivity contribution in [3.8, 4) is 0 Å². The van der Waals surface area contributed by atoms with E-state index in [9.17, 15) is 4.39 Å². The fourth-order valence-electron chi connectivity index (χ4n) is 2.24. The van der Waals surface area contributed by atoms with E-state index in [1.807, 2.05) is 13.0 Å². The number of rotatable bonds is 5. The summed E-state index contributed by atoms with van der Waals surface area (Å²) in [6.07, 6.45) is 2.14. The van der Waals surface area contributed by atoms with Gasteiger partial charge in [-0.05, 0) is 43.5 Å². The second-order valence-corrected chi connectivity index (χ2v) is 4.57. The molecule has 0 saturated heterocycles. The Balaban J connectivity index is 3.11. The van der Waals surface area contributed by atoms with Crippen molar-refractivity contribution < 1.29 is 4.39 Å². The summed E-state index contributed by atoms with van der Waals surface area (Å²) in [7, 11) is 2.05. The first-order valence-electron chi connectivity index (χ1n) is 6.29. The number of nitrogens with zero attached hydrogens (tertiary/aromatic N) is 1. The molecule has 0 spiro atoms. The highest BCUT2D eigenvalue weighted by molar-refractivity contribution is 5.55. The van der Waals surface area contributed by atoms with Crippen molar-refractivity contribution in [2.45, 2.75) is 45.7 Å². The summed E-state index contributed by atoms with van der Waals surface area (Å²) in [5.41, 5.74) is 7.82. The summed E-state index contributed by atoms with van der Waals surface area (Å²) in [6, 6.07) is 5.18. The van der Waals surface area contributed by atoms with Crippen molar-refractivity contribution >= 4 is 5.69 Å². The van der Waals surface area contributed by atoms with Crippen molar-refractivity contribution in [2.75, 3.05) is 11.9 Å². The zero-order valence-electron chi connectivity index (χ0n) is 11.2. The molecule has 2 N–H and O–H groups in total. The van der Waals surface area contributed by atoms with Crippen LogP contribution in [0, 0.1) is 5.82 Å². The Morgan fingerprint density at radius 3 is 2.35 bits per heavy atom. The van der Waals surface area contributed by atoms with Crippen molar-refractivity contribution in [3.63, 3.8) is 0 Å². The molecule has 0 heterocycles. The molecule has 0 radical (unpaired) electrons. The summed E-state index contributed by atoms with van der Waals surface area (Å²) in [4.78, 5) is 2.21.